The second kappa shape index (κ2) is 11.4. The molecule has 6 rings (SSSR count). The molecule has 42 heavy (non-hydrogen) atoms. The van der Waals surface area contributed by atoms with Crippen LogP contribution in [0.5, 0.6) is 23.1 Å². The number of piperidine rings is 1. The Hall–Kier alpha value is -5.07. The average Bonchev–Trinajstić information content (AvgIpc) is 3.46. The number of fused-ring (bicyclic) bond motifs is 2. The Morgan fingerprint density at radius 1 is 1.05 bits per heavy atom. The summed E-state index contributed by atoms with van der Waals surface area (Å²) in [7, 11) is 1.57. The fourth-order valence-electron chi connectivity index (χ4n) is 4.90. The first-order chi connectivity index (χ1) is 20.4. The lowest BCUT2D eigenvalue weighted by Crippen LogP contribution is -2.44. The van der Waals surface area contributed by atoms with Crippen LogP contribution < -0.4 is 19.5 Å². The maximum Gasteiger partial charge on any atom is 0.256 e. The standard InChI is InChI=1S/C29H29FN8O4/c1-17-10-19(4-5-23(17)42-27-13-26-36-34-16-38(26)15-33-27)35-28-21-11-25(24(40-3)12-22(21)31-14-32-28)41-20-6-8-37(9-7-20)29(39)18(2)30/h4-5,10-16,18,20H,6-9H2,1-3H3,(H,31,32,35). The second-order valence-corrected chi connectivity index (χ2v) is 10.0. The summed E-state index contributed by atoms with van der Waals surface area (Å²) in [6.45, 7) is 4.08. The molecule has 5 aromatic rings. The maximum absolute atomic E-state index is 13.5. The number of hydrogen-bond acceptors (Lipinski definition) is 10. The van der Waals surface area contributed by atoms with Gasteiger partial charge in [0.25, 0.3) is 5.91 Å². The van der Waals surface area contributed by atoms with E-state index in [-0.39, 0.29) is 6.10 Å². The number of carbonyl (C=O) groups excluding carboxylic acids is 1. The van der Waals surface area contributed by atoms with Crippen LogP contribution >= 0.6 is 0 Å². The van der Waals surface area contributed by atoms with E-state index in [1.807, 2.05) is 37.3 Å². The van der Waals surface area contributed by atoms with Crippen LogP contribution in [-0.2, 0) is 4.79 Å². The number of nitrogens with one attached hydrogen (secondary N) is 1. The van der Waals surface area contributed by atoms with E-state index in [1.165, 1.54) is 13.3 Å². The summed E-state index contributed by atoms with van der Waals surface area (Å²) in [6.07, 6.45) is 4.18. The van der Waals surface area contributed by atoms with Crippen LogP contribution in [0.4, 0.5) is 15.9 Å². The summed E-state index contributed by atoms with van der Waals surface area (Å²) in [5.74, 6) is 2.26. The highest BCUT2D eigenvalue weighted by Crippen LogP contribution is 2.37. The number of alkyl halides is 1. The van der Waals surface area contributed by atoms with E-state index in [0.29, 0.717) is 66.0 Å². The number of rotatable bonds is 8. The molecule has 0 spiro atoms. The number of amides is 1. The van der Waals surface area contributed by atoms with E-state index in [1.54, 1.807) is 35.1 Å². The van der Waals surface area contributed by atoms with E-state index in [0.717, 1.165) is 16.6 Å². The molecule has 1 fully saturated rings. The van der Waals surface area contributed by atoms with Crippen molar-refractivity contribution in [3.63, 3.8) is 0 Å². The Kier molecular flexibility index (Phi) is 7.38. The van der Waals surface area contributed by atoms with E-state index in [2.05, 4.69) is 30.5 Å². The highest BCUT2D eigenvalue weighted by Gasteiger charge is 2.27. The Bertz CT molecular complexity index is 1750. The van der Waals surface area contributed by atoms with E-state index in [4.69, 9.17) is 14.2 Å². The van der Waals surface area contributed by atoms with Crippen LogP contribution in [0.2, 0.25) is 0 Å². The molecule has 13 heteroatoms. The second-order valence-electron chi connectivity index (χ2n) is 10.0. The number of hydrogen-bond donors (Lipinski definition) is 1. The van der Waals surface area contributed by atoms with Crippen LogP contribution in [0, 0.1) is 6.92 Å². The van der Waals surface area contributed by atoms with Crippen molar-refractivity contribution in [2.75, 3.05) is 25.5 Å². The van der Waals surface area contributed by atoms with Gasteiger partial charge in [-0.15, -0.1) is 10.2 Å². The molecule has 1 saturated heterocycles. The van der Waals surface area contributed by atoms with Crippen LogP contribution in [0.25, 0.3) is 16.6 Å². The zero-order chi connectivity index (χ0) is 29.2. The average molecular weight is 573 g/mol. The molecule has 0 bridgehead atoms. The molecule has 1 atom stereocenters. The van der Waals surface area contributed by atoms with Gasteiger partial charge < -0.3 is 24.4 Å². The Morgan fingerprint density at radius 3 is 2.64 bits per heavy atom. The summed E-state index contributed by atoms with van der Waals surface area (Å²) < 4.78 is 33.1. The topological polar surface area (TPSA) is 129 Å². The fraction of sp³-hybridized carbons (Fsp3) is 0.310. The molecule has 216 valence electrons. The molecule has 1 N–H and O–H groups in total. The number of ether oxygens (including phenoxy) is 3. The molecule has 1 unspecified atom stereocenters. The quantitative estimate of drug-likeness (QED) is 0.281. The minimum absolute atomic E-state index is 0.147. The third kappa shape index (κ3) is 5.57. The van der Waals surface area contributed by atoms with Gasteiger partial charge in [-0.2, -0.15) is 0 Å². The number of methoxy groups -OCH3 is 1. The van der Waals surface area contributed by atoms with Crippen LogP contribution in [0.1, 0.15) is 25.3 Å². The van der Waals surface area contributed by atoms with Crippen LogP contribution in [-0.4, -0.2) is 72.8 Å². The zero-order valence-electron chi connectivity index (χ0n) is 23.3. The Morgan fingerprint density at radius 2 is 1.88 bits per heavy atom. The normalized spacial score (nSPS) is 14.6. The molecule has 4 heterocycles. The maximum atomic E-state index is 13.5. The summed E-state index contributed by atoms with van der Waals surface area (Å²) in [4.78, 5) is 26.7. The van der Waals surface area contributed by atoms with Gasteiger partial charge in [0.05, 0.1) is 12.6 Å². The monoisotopic (exact) mass is 572 g/mol. The molecule has 1 amide bonds. The van der Waals surface area contributed by atoms with Gasteiger partial charge >= 0.3 is 0 Å². The number of benzene rings is 2. The van der Waals surface area contributed by atoms with Gasteiger partial charge in [0.2, 0.25) is 5.88 Å². The number of anilines is 2. The lowest BCUT2D eigenvalue weighted by atomic mass is 10.1. The summed E-state index contributed by atoms with van der Waals surface area (Å²) in [5, 5.41) is 12.0. The van der Waals surface area contributed by atoms with Crippen molar-refractivity contribution in [2.45, 2.75) is 39.0 Å². The number of aryl methyl sites for hydroxylation is 1. The van der Waals surface area contributed by atoms with Crippen molar-refractivity contribution in [2.24, 2.45) is 0 Å². The highest BCUT2D eigenvalue weighted by molar-refractivity contribution is 5.93. The van der Waals surface area contributed by atoms with Gasteiger partial charge in [-0.1, -0.05) is 0 Å². The Labute approximate surface area is 240 Å². The van der Waals surface area contributed by atoms with Crippen LogP contribution in [0.3, 0.4) is 0 Å². The number of aromatic nitrogens is 6. The third-order valence-electron chi connectivity index (χ3n) is 7.12. The van der Waals surface area contributed by atoms with Gasteiger partial charge in [0, 0.05) is 49.1 Å². The fourth-order valence-corrected chi connectivity index (χ4v) is 4.90. The number of carbonyl (C=O) groups is 1. The van der Waals surface area contributed by atoms with Crippen molar-refractivity contribution in [1.82, 2.24) is 34.4 Å². The Balaban J connectivity index is 1.20. The van der Waals surface area contributed by atoms with Gasteiger partial charge in [-0.3, -0.25) is 9.20 Å². The molecule has 3 aromatic heterocycles. The molecule has 0 saturated carbocycles. The molecule has 1 aliphatic rings. The van der Waals surface area contributed by atoms with Crippen molar-refractivity contribution in [3.05, 3.63) is 60.9 Å². The van der Waals surface area contributed by atoms with Gasteiger partial charge in [0.1, 0.15) is 36.7 Å². The number of likely N-dealkylation sites (tertiary alicyclic amines) is 1. The largest absolute Gasteiger partial charge is 0.493 e. The molecule has 1 aliphatic heterocycles. The molecular weight excluding hydrogens is 543 g/mol. The first-order valence-electron chi connectivity index (χ1n) is 13.5. The summed E-state index contributed by atoms with van der Waals surface area (Å²) in [6, 6.07) is 11.1. The number of halogens is 1. The van der Waals surface area contributed by atoms with Crippen molar-refractivity contribution >= 4 is 34.0 Å². The third-order valence-corrected chi connectivity index (χ3v) is 7.12. The smallest absolute Gasteiger partial charge is 0.256 e. The SMILES string of the molecule is COc1cc2ncnc(Nc3ccc(Oc4cc5nncn5cn4)c(C)c3)c2cc1OC1CCN(C(=O)C(C)F)CC1. The first-order valence-corrected chi connectivity index (χ1v) is 13.5. The van der Waals surface area contributed by atoms with Crippen LogP contribution in [0.15, 0.2) is 55.4 Å². The minimum Gasteiger partial charge on any atom is -0.493 e. The molecule has 0 radical (unpaired) electrons. The first kappa shape index (κ1) is 27.1. The molecular formula is C29H29FN8O4. The summed E-state index contributed by atoms with van der Waals surface area (Å²) in [5.41, 5.74) is 3.01. The van der Waals surface area contributed by atoms with Gasteiger partial charge in [0.15, 0.2) is 23.3 Å². The predicted octanol–water partition coefficient (Wildman–Crippen LogP) is 4.65. The predicted molar refractivity (Wildman–Crippen MR) is 152 cm³/mol. The molecule has 12 nitrogen and oxygen atoms in total. The van der Waals surface area contributed by atoms with Gasteiger partial charge in [-0.25, -0.2) is 19.3 Å². The van der Waals surface area contributed by atoms with E-state index >= 15 is 0 Å². The van der Waals surface area contributed by atoms with E-state index in [9.17, 15) is 9.18 Å². The van der Waals surface area contributed by atoms with E-state index < -0.39 is 12.1 Å². The van der Waals surface area contributed by atoms with Gasteiger partial charge in [-0.05, 0) is 43.7 Å². The van der Waals surface area contributed by atoms with Crippen molar-refractivity contribution in [3.8, 4) is 23.1 Å². The lowest BCUT2D eigenvalue weighted by molar-refractivity contribution is -0.137. The zero-order valence-corrected chi connectivity index (χ0v) is 23.3. The molecule has 2 aromatic carbocycles. The van der Waals surface area contributed by atoms with Crippen molar-refractivity contribution < 1.29 is 23.4 Å². The minimum atomic E-state index is -1.51. The molecule has 0 aliphatic carbocycles. The summed E-state index contributed by atoms with van der Waals surface area (Å²) >= 11 is 0. The highest BCUT2D eigenvalue weighted by atomic mass is 19.1. The number of nitrogens with zero attached hydrogens (tertiary/aromatic N) is 7. The lowest BCUT2D eigenvalue weighted by Gasteiger charge is -2.32. The van der Waals surface area contributed by atoms with Crippen molar-refractivity contribution in [1.29, 1.82) is 0 Å².